The molecule has 0 atom stereocenters. The van der Waals surface area contributed by atoms with E-state index >= 15 is 0 Å². The van der Waals surface area contributed by atoms with E-state index in [0.29, 0.717) is 19.1 Å². The predicted molar refractivity (Wildman–Crippen MR) is 92.4 cm³/mol. The van der Waals surface area contributed by atoms with Gasteiger partial charge in [-0.3, -0.25) is 9.69 Å². The molecule has 0 N–H and O–H groups in total. The van der Waals surface area contributed by atoms with E-state index < -0.39 is 0 Å². The second-order valence-electron chi connectivity index (χ2n) is 7.98. The Bertz CT molecular complexity index is 387. The van der Waals surface area contributed by atoms with Crippen LogP contribution in [0.1, 0.15) is 64.2 Å². The van der Waals surface area contributed by atoms with E-state index in [0.717, 1.165) is 25.6 Å². The molecule has 132 valence electrons. The summed E-state index contributed by atoms with van der Waals surface area (Å²) in [5.74, 6) is 1.13. The van der Waals surface area contributed by atoms with Gasteiger partial charge in [0.25, 0.3) is 0 Å². The zero-order valence-electron chi connectivity index (χ0n) is 14.9. The van der Waals surface area contributed by atoms with Gasteiger partial charge in [0.2, 0.25) is 5.91 Å². The van der Waals surface area contributed by atoms with Gasteiger partial charge in [-0.2, -0.15) is 0 Å². The number of rotatable bonds is 5. The standard InChI is InChI=1S/C19H34N2O2/c1-23-13-12-20-16-19(10-6-3-7-11-19)21(15-18(20)22)14-17-8-4-2-5-9-17/h17H,2-16H2,1H3. The highest BCUT2D eigenvalue weighted by atomic mass is 16.5. The van der Waals surface area contributed by atoms with Gasteiger partial charge in [0, 0.05) is 32.3 Å². The molecule has 2 aliphatic carbocycles. The molecule has 0 aromatic heterocycles. The van der Waals surface area contributed by atoms with Crippen molar-refractivity contribution in [1.82, 2.24) is 9.80 Å². The lowest BCUT2D eigenvalue weighted by Crippen LogP contribution is -2.66. The molecule has 1 spiro atoms. The molecule has 4 heteroatoms. The van der Waals surface area contributed by atoms with Gasteiger partial charge in [-0.05, 0) is 31.6 Å². The minimum absolute atomic E-state index is 0.261. The maximum absolute atomic E-state index is 12.6. The third-order valence-electron chi connectivity index (χ3n) is 6.39. The van der Waals surface area contributed by atoms with E-state index in [2.05, 4.69) is 9.80 Å². The minimum Gasteiger partial charge on any atom is -0.383 e. The average Bonchev–Trinajstić information content (AvgIpc) is 2.59. The normalized spacial score (nSPS) is 26.8. The number of carbonyl (C=O) groups is 1. The predicted octanol–water partition coefficient (Wildman–Crippen LogP) is 3.06. The van der Waals surface area contributed by atoms with Crippen LogP contribution in [0, 0.1) is 5.92 Å². The largest absolute Gasteiger partial charge is 0.383 e. The molecule has 3 fully saturated rings. The van der Waals surface area contributed by atoms with Crippen molar-refractivity contribution in [3.63, 3.8) is 0 Å². The minimum atomic E-state index is 0.261. The second-order valence-corrected chi connectivity index (χ2v) is 7.98. The van der Waals surface area contributed by atoms with E-state index in [1.165, 1.54) is 64.2 Å². The quantitative estimate of drug-likeness (QED) is 0.780. The Balaban J connectivity index is 1.69. The van der Waals surface area contributed by atoms with Crippen molar-refractivity contribution in [1.29, 1.82) is 0 Å². The lowest BCUT2D eigenvalue weighted by atomic mass is 9.77. The van der Waals surface area contributed by atoms with Crippen LogP contribution in [0.3, 0.4) is 0 Å². The van der Waals surface area contributed by atoms with Crippen LogP contribution in [-0.4, -0.2) is 61.1 Å². The lowest BCUT2D eigenvalue weighted by molar-refractivity contribution is -0.147. The number of hydrogen-bond acceptors (Lipinski definition) is 3. The summed E-state index contributed by atoms with van der Waals surface area (Å²) in [5, 5.41) is 0. The van der Waals surface area contributed by atoms with Crippen LogP contribution in [0.2, 0.25) is 0 Å². The SMILES string of the molecule is COCCN1CC2(CCCCC2)N(CC2CCCCC2)CC1=O. The molecule has 1 heterocycles. The first-order valence-electron chi connectivity index (χ1n) is 9.75. The molecule has 23 heavy (non-hydrogen) atoms. The van der Waals surface area contributed by atoms with Gasteiger partial charge in [0.15, 0.2) is 0 Å². The molecule has 0 unspecified atom stereocenters. The maximum Gasteiger partial charge on any atom is 0.236 e. The Hall–Kier alpha value is -0.610. The van der Waals surface area contributed by atoms with Crippen molar-refractivity contribution in [2.24, 2.45) is 5.92 Å². The summed E-state index contributed by atoms with van der Waals surface area (Å²) in [5.41, 5.74) is 0.261. The number of ether oxygens (including phenoxy) is 1. The van der Waals surface area contributed by atoms with Crippen LogP contribution in [0.5, 0.6) is 0 Å². The highest BCUT2D eigenvalue weighted by Gasteiger charge is 2.45. The van der Waals surface area contributed by atoms with Crippen LogP contribution < -0.4 is 0 Å². The molecule has 1 amide bonds. The van der Waals surface area contributed by atoms with Crippen molar-refractivity contribution in [2.45, 2.75) is 69.7 Å². The van der Waals surface area contributed by atoms with Crippen molar-refractivity contribution in [3.05, 3.63) is 0 Å². The van der Waals surface area contributed by atoms with Gasteiger partial charge < -0.3 is 9.64 Å². The average molecular weight is 322 g/mol. The Kier molecular flexibility index (Phi) is 5.97. The van der Waals surface area contributed by atoms with Crippen LogP contribution in [0.25, 0.3) is 0 Å². The number of methoxy groups -OCH3 is 1. The lowest BCUT2D eigenvalue weighted by Gasteiger charge is -2.53. The first-order chi connectivity index (χ1) is 11.2. The Morgan fingerprint density at radius 3 is 2.48 bits per heavy atom. The van der Waals surface area contributed by atoms with Crippen molar-refractivity contribution < 1.29 is 9.53 Å². The summed E-state index contributed by atoms with van der Waals surface area (Å²) in [6.07, 6.45) is 13.5. The zero-order chi connectivity index (χ0) is 16.1. The number of piperazine rings is 1. The highest BCUT2D eigenvalue weighted by molar-refractivity contribution is 5.79. The smallest absolute Gasteiger partial charge is 0.236 e. The Morgan fingerprint density at radius 2 is 1.78 bits per heavy atom. The molecule has 0 bridgehead atoms. The first kappa shape index (κ1) is 17.2. The number of hydrogen-bond donors (Lipinski definition) is 0. The summed E-state index contributed by atoms with van der Waals surface area (Å²) in [6, 6.07) is 0. The summed E-state index contributed by atoms with van der Waals surface area (Å²) in [6.45, 7) is 4.14. The van der Waals surface area contributed by atoms with Crippen LogP contribution in [0.4, 0.5) is 0 Å². The molecule has 0 aromatic carbocycles. The second kappa shape index (κ2) is 7.98. The van der Waals surface area contributed by atoms with Gasteiger partial charge in [-0.25, -0.2) is 0 Å². The van der Waals surface area contributed by atoms with E-state index in [1.807, 2.05) is 0 Å². The Labute approximate surface area is 141 Å². The Morgan fingerprint density at radius 1 is 1.09 bits per heavy atom. The van der Waals surface area contributed by atoms with Crippen molar-refractivity contribution in [2.75, 3.05) is 39.9 Å². The number of nitrogens with zero attached hydrogens (tertiary/aromatic N) is 2. The van der Waals surface area contributed by atoms with E-state index in [1.54, 1.807) is 7.11 Å². The van der Waals surface area contributed by atoms with Crippen LogP contribution in [0.15, 0.2) is 0 Å². The van der Waals surface area contributed by atoms with Crippen molar-refractivity contribution >= 4 is 5.91 Å². The zero-order valence-corrected chi connectivity index (χ0v) is 14.9. The molecular formula is C19H34N2O2. The van der Waals surface area contributed by atoms with E-state index in [4.69, 9.17) is 4.74 Å². The van der Waals surface area contributed by atoms with Gasteiger partial charge in [0.05, 0.1) is 13.2 Å². The topological polar surface area (TPSA) is 32.8 Å². The fourth-order valence-corrected chi connectivity index (χ4v) is 5.00. The molecule has 3 rings (SSSR count). The highest BCUT2D eigenvalue weighted by Crippen LogP contribution is 2.38. The third kappa shape index (κ3) is 4.08. The molecule has 1 aliphatic heterocycles. The molecule has 4 nitrogen and oxygen atoms in total. The fourth-order valence-electron chi connectivity index (χ4n) is 5.00. The third-order valence-corrected chi connectivity index (χ3v) is 6.39. The molecule has 0 radical (unpaired) electrons. The first-order valence-corrected chi connectivity index (χ1v) is 9.75. The number of carbonyl (C=O) groups excluding carboxylic acids is 1. The summed E-state index contributed by atoms with van der Waals surface area (Å²) in [4.78, 5) is 17.3. The molecule has 2 saturated carbocycles. The van der Waals surface area contributed by atoms with Gasteiger partial charge in [-0.15, -0.1) is 0 Å². The summed E-state index contributed by atoms with van der Waals surface area (Å²) < 4.78 is 5.21. The fraction of sp³-hybridized carbons (Fsp3) is 0.947. The molecule has 0 aromatic rings. The van der Waals surface area contributed by atoms with Crippen molar-refractivity contribution in [3.8, 4) is 0 Å². The summed E-state index contributed by atoms with van der Waals surface area (Å²) >= 11 is 0. The molecule has 1 saturated heterocycles. The van der Waals surface area contributed by atoms with E-state index in [9.17, 15) is 4.79 Å². The van der Waals surface area contributed by atoms with Crippen LogP contribution in [-0.2, 0) is 9.53 Å². The summed E-state index contributed by atoms with van der Waals surface area (Å²) in [7, 11) is 1.72. The molecular weight excluding hydrogens is 288 g/mol. The molecule has 3 aliphatic rings. The monoisotopic (exact) mass is 322 g/mol. The van der Waals surface area contributed by atoms with Crippen LogP contribution >= 0.6 is 0 Å². The van der Waals surface area contributed by atoms with E-state index in [-0.39, 0.29) is 5.54 Å². The van der Waals surface area contributed by atoms with Gasteiger partial charge in [-0.1, -0.05) is 38.5 Å². The van der Waals surface area contributed by atoms with Gasteiger partial charge >= 0.3 is 0 Å². The number of amides is 1. The maximum atomic E-state index is 12.6. The van der Waals surface area contributed by atoms with Gasteiger partial charge in [0.1, 0.15) is 0 Å².